The second-order valence-electron chi connectivity index (χ2n) is 6.05. The number of nitrogens with zero attached hydrogens (tertiary/aromatic N) is 2. The topological polar surface area (TPSA) is 39.7 Å². The summed E-state index contributed by atoms with van der Waals surface area (Å²) in [6, 6.07) is 5.31. The number of nitrogens with one attached hydrogen (secondary N) is 2. The van der Waals surface area contributed by atoms with E-state index in [0.29, 0.717) is 18.0 Å². The van der Waals surface area contributed by atoms with Crippen LogP contribution in [0.5, 0.6) is 0 Å². The first-order valence-corrected chi connectivity index (χ1v) is 8.79. The van der Waals surface area contributed by atoms with Crippen molar-refractivity contribution in [2.24, 2.45) is 10.9 Å². The lowest BCUT2D eigenvalue weighted by Gasteiger charge is -2.21. The maximum atomic E-state index is 4.71. The van der Waals surface area contributed by atoms with E-state index in [1.54, 1.807) is 11.3 Å². The second kappa shape index (κ2) is 9.72. The van der Waals surface area contributed by atoms with Gasteiger partial charge in [0.2, 0.25) is 0 Å². The number of likely N-dealkylation sites (tertiary alicyclic amines) is 1. The van der Waals surface area contributed by atoms with Gasteiger partial charge in [-0.05, 0) is 38.1 Å². The molecule has 2 N–H and O–H groups in total. The van der Waals surface area contributed by atoms with E-state index in [1.807, 2.05) is 0 Å². The third kappa shape index (κ3) is 5.70. The molecule has 0 spiro atoms. The molecule has 0 aliphatic carbocycles. The van der Waals surface area contributed by atoms with E-state index < -0.39 is 0 Å². The fourth-order valence-corrected chi connectivity index (χ4v) is 3.30. The van der Waals surface area contributed by atoms with Gasteiger partial charge in [0.1, 0.15) is 0 Å². The Kier molecular flexibility index (Phi) is 8.71. The fraction of sp³-hybridized carbons (Fsp3) is 0.688. The Morgan fingerprint density at radius 3 is 2.77 bits per heavy atom. The zero-order valence-electron chi connectivity index (χ0n) is 14.0. The molecule has 0 saturated carbocycles. The molecule has 0 radical (unpaired) electrons. The molecular weight excluding hydrogens is 407 g/mol. The van der Waals surface area contributed by atoms with E-state index in [-0.39, 0.29) is 24.0 Å². The summed E-state index contributed by atoms with van der Waals surface area (Å²) < 4.78 is 0. The summed E-state index contributed by atoms with van der Waals surface area (Å²) in [6.07, 6.45) is 0. The van der Waals surface area contributed by atoms with Crippen molar-refractivity contribution in [2.75, 3.05) is 19.6 Å². The minimum absolute atomic E-state index is 0. The maximum absolute atomic E-state index is 4.71. The molecule has 1 aromatic heterocycles. The Morgan fingerprint density at radius 2 is 2.23 bits per heavy atom. The minimum Gasteiger partial charge on any atom is -0.357 e. The number of guanidine groups is 1. The van der Waals surface area contributed by atoms with Crippen LogP contribution in [0.4, 0.5) is 0 Å². The molecule has 1 aromatic rings. The van der Waals surface area contributed by atoms with Gasteiger partial charge in [-0.25, -0.2) is 4.99 Å². The predicted molar refractivity (Wildman–Crippen MR) is 107 cm³/mol. The quantitative estimate of drug-likeness (QED) is 0.423. The summed E-state index contributed by atoms with van der Waals surface area (Å²) in [6.45, 7) is 12.9. The third-order valence-electron chi connectivity index (χ3n) is 4.01. The molecule has 1 aliphatic heterocycles. The lowest BCUT2D eigenvalue weighted by molar-refractivity contribution is 0.265. The third-order valence-corrected chi connectivity index (χ3v) is 4.87. The van der Waals surface area contributed by atoms with Gasteiger partial charge in [0.25, 0.3) is 0 Å². The van der Waals surface area contributed by atoms with E-state index in [9.17, 15) is 0 Å². The summed E-state index contributed by atoms with van der Waals surface area (Å²) in [5, 5.41) is 9.08. The van der Waals surface area contributed by atoms with Gasteiger partial charge in [0, 0.05) is 36.6 Å². The number of aliphatic imine (C=N–C) groups is 1. The summed E-state index contributed by atoms with van der Waals surface area (Å²) in [4.78, 5) is 8.54. The van der Waals surface area contributed by atoms with Crippen molar-refractivity contribution in [3.8, 4) is 0 Å². The maximum Gasteiger partial charge on any atom is 0.191 e. The van der Waals surface area contributed by atoms with Crippen molar-refractivity contribution in [3.63, 3.8) is 0 Å². The molecule has 1 saturated heterocycles. The largest absolute Gasteiger partial charge is 0.357 e. The zero-order chi connectivity index (χ0) is 15.2. The molecule has 4 nitrogen and oxygen atoms in total. The Balaban J connectivity index is 0.00000242. The van der Waals surface area contributed by atoms with Gasteiger partial charge < -0.3 is 10.6 Å². The molecule has 2 heterocycles. The molecular formula is C16H29IN4S. The Hall–Kier alpha value is -0.340. The van der Waals surface area contributed by atoms with Crippen LogP contribution in [0.25, 0.3) is 0 Å². The average Bonchev–Trinajstić information content (AvgIpc) is 3.07. The van der Waals surface area contributed by atoms with Crippen LogP contribution >= 0.6 is 35.3 Å². The summed E-state index contributed by atoms with van der Waals surface area (Å²) >= 11 is 1.76. The Bertz CT molecular complexity index is 447. The highest BCUT2D eigenvalue weighted by atomic mass is 127. The van der Waals surface area contributed by atoms with Gasteiger partial charge in [-0.3, -0.25) is 4.90 Å². The van der Waals surface area contributed by atoms with E-state index in [2.05, 4.69) is 60.7 Å². The van der Waals surface area contributed by atoms with Crippen molar-refractivity contribution < 1.29 is 0 Å². The molecule has 2 atom stereocenters. The van der Waals surface area contributed by atoms with Gasteiger partial charge >= 0.3 is 0 Å². The zero-order valence-corrected chi connectivity index (χ0v) is 17.2. The highest BCUT2D eigenvalue weighted by molar-refractivity contribution is 14.0. The predicted octanol–water partition coefficient (Wildman–Crippen LogP) is 3.15. The van der Waals surface area contributed by atoms with Crippen molar-refractivity contribution in [1.29, 1.82) is 0 Å². The first-order chi connectivity index (χ1) is 10.1. The summed E-state index contributed by atoms with van der Waals surface area (Å²) in [7, 11) is 0. The van der Waals surface area contributed by atoms with E-state index in [1.165, 1.54) is 11.4 Å². The molecule has 6 heteroatoms. The number of hydrogen-bond donors (Lipinski definition) is 2. The molecule has 2 unspecified atom stereocenters. The number of thiophene rings is 1. The standard InChI is InChI=1S/C16H28N4S.HI/c1-5-17-16(18-9-14-7-6-8-21-14)19-15-11-20(12(2)3)10-13(15)4;/h6-8,12-13,15H,5,9-11H2,1-4H3,(H2,17,18,19);1H. The molecule has 126 valence electrons. The molecule has 0 aromatic carbocycles. The monoisotopic (exact) mass is 436 g/mol. The van der Waals surface area contributed by atoms with Gasteiger partial charge in [0.05, 0.1) is 6.54 Å². The highest BCUT2D eigenvalue weighted by Gasteiger charge is 2.31. The average molecular weight is 436 g/mol. The molecule has 0 amide bonds. The van der Waals surface area contributed by atoms with E-state index in [0.717, 1.165) is 25.6 Å². The Labute approximate surface area is 155 Å². The van der Waals surface area contributed by atoms with E-state index >= 15 is 0 Å². The normalized spacial score (nSPS) is 22.7. The van der Waals surface area contributed by atoms with Crippen molar-refractivity contribution in [3.05, 3.63) is 22.4 Å². The number of halogens is 1. The van der Waals surface area contributed by atoms with Crippen LogP contribution in [0.3, 0.4) is 0 Å². The van der Waals surface area contributed by atoms with Crippen molar-refractivity contribution >= 4 is 41.3 Å². The first kappa shape index (κ1) is 19.7. The van der Waals surface area contributed by atoms with Crippen molar-refractivity contribution in [2.45, 2.75) is 46.3 Å². The first-order valence-electron chi connectivity index (χ1n) is 7.91. The van der Waals surface area contributed by atoms with E-state index in [4.69, 9.17) is 4.99 Å². The van der Waals surface area contributed by atoms with Gasteiger partial charge in [0.15, 0.2) is 5.96 Å². The number of hydrogen-bond acceptors (Lipinski definition) is 3. The van der Waals surface area contributed by atoms with Crippen LogP contribution in [-0.4, -0.2) is 42.6 Å². The van der Waals surface area contributed by atoms with Crippen LogP contribution in [0.1, 0.15) is 32.6 Å². The van der Waals surface area contributed by atoms with Crippen LogP contribution in [0, 0.1) is 5.92 Å². The van der Waals surface area contributed by atoms with Crippen LogP contribution < -0.4 is 10.6 Å². The molecule has 2 rings (SSSR count). The molecule has 0 bridgehead atoms. The lowest BCUT2D eigenvalue weighted by atomic mass is 10.1. The van der Waals surface area contributed by atoms with Gasteiger partial charge in [-0.15, -0.1) is 35.3 Å². The lowest BCUT2D eigenvalue weighted by Crippen LogP contribution is -2.46. The summed E-state index contributed by atoms with van der Waals surface area (Å²) in [5.41, 5.74) is 0. The SMILES string of the molecule is CCNC(=NCc1cccs1)NC1CN(C(C)C)CC1C.I. The summed E-state index contributed by atoms with van der Waals surface area (Å²) in [5.74, 6) is 1.59. The second-order valence-corrected chi connectivity index (χ2v) is 7.08. The van der Waals surface area contributed by atoms with Gasteiger partial charge in [-0.2, -0.15) is 0 Å². The van der Waals surface area contributed by atoms with Crippen molar-refractivity contribution in [1.82, 2.24) is 15.5 Å². The minimum atomic E-state index is 0. The molecule has 22 heavy (non-hydrogen) atoms. The number of rotatable bonds is 5. The molecule has 1 aliphatic rings. The smallest absolute Gasteiger partial charge is 0.191 e. The van der Waals surface area contributed by atoms with Crippen LogP contribution in [0.15, 0.2) is 22.5 Å². The molecule has 1 fully saturated rings. The van der Waals surface area contributed by atoms with Gasteiger partial charge in [-0.1, -0.05) is 13.0 Å². The fourth-order valence-electron chi connectivity index (χ4n) is 2.67. The van der Waals surface area contributed by atoms with Crippen LogP contribution in [-0.2, 0) is 6.54 Å². The highest BCUT2D eigenvalue weighted by Crippen LogP contribution is 2.18. The Morgan fingerprint density at radius 1 is 1.45 bits per heavy atom. The van der Waals surface area contributed by atoms with Crippen LogP contribution in [0.2, 0.25) is 0 Å².